The molecule has 0 spiro atoms. The maximum Gasteiger partial charge on any atom is 0.249 e. The predicted molar refractivity (Wildman–Crippen MR) is 115 cm³/mol. The molecule has 2 aromatic rings. The number of hydrogen-bond acceptors (Lipinski definition) is 6. The molecule has 0 saturated carbocycles. The molecule has 0 bridgehead atoms. The first kappa shape index (κ1) is 21.1. The highest BCUT2D eigenvalue weighted by Crippen LogP contribution is 2.14. The Labute approximate surface area is 175 Å². The van der Waals surface area contributed by atoms with E-state index in [9.17, 15) is 9.59 Å². The third-order valence-corrected chi connectivity index (χ3v) is 5.53. The number of hydrogen-bond donors (Lipinski definition) is 3. The number of rotatable bonds is 8. The Morgan fingerprint density at radius 1 is 1.28 bits per heavy atom. The number of piperidine rings is 1. The van der Waals surface area contributed by atoms with E-state index in [0.29, 0.717) is 11.6 Å². The van der Waals surface area contributed by atoms with Crippen molar-refractivity contribution in [1.29, 1.82) is 0 Å². The second kappa shape index (κ2) is 10.8. The predicted octanol–water partition coefficient (Wildman–Crippen LogP) is 2.60. The van der Waals surface area contributed by atoms with Crippen molar-refractivity contribution in [3.63, 3.8) is 0 Å². The van der Waals surface area contributed by atoms with E-state index < -0.39 is 0 Å². The normalized spacial score (nSPS) is 17.8. The minimum absolute atomic E-state index is 0.00688. The third-order valence-electron chi connectivity index (χ3n) is 4.78. The van der Waals surface area contributed by atoms with Crippen LogP contribution in [-0.4, -0.2) is 40.6 Å². The van der Waals surface area contributed by atoms with Crippen molar-refractivity contribution in [2.24, 2.45) is 0 Å². The highest BCUT2D eigenvalue weighted by atomic mass is 32.1. The van der Waals surface area contributed by atoms with Crippen molar-refractivity contribution in [2.45, 2.75) is 51.1 Å². The molecule has 0 unspecified atom stereocenters. The van der Waals surface area contributed by atoms with Crippen molar-refractivity contribution in [3.05, 3.63) is 53.1 Å². The van der Waals surface area contributed by atoms with Crippen LogP contribution in [0.3, 0.4) is 0 Å². The average molecular weight is 414 g/mol. The average Bonchev–Trinajstić information content (AvgIpc) is 3.15. The fraction of sp³-hybridized carbons (Fsp3) is 0.429. The Morgan fingerprint density at radius 3 is 2.79 bits per heavy atom. The summed E-state index contributed by atoms with van der Waals surface area (Å²) >= 11 is 1.32. The zero-order valence-corrected chi connectivity index (χ0v) is 17.4. The Hall–Kier alpha value is -2.58. The van der Waals surface area contributed by atoms with Crippen LogP contribution in [0.2, 0.25) is 0 Å². The van der Waals surface area contributed by atoms with Crippen molar-refractivity contribution in [3.8, 4) is 0 Å². The van der Waals surface area contributed by atoms with E-state index in [2.05, 4.69) is 38.3 Å². The minimum atomic E-state index is -0.282. The summed E-state index contributed by atoms with van der Waals surface area (Å²) < 4.78 is 0. The zero-order chi connectivity index (χ0) is 20.5. The standard InChI is InChI=1S/C21H27N5O2S/c1-15-25-26-21(29-15)24-19(27)13-12-17(11-10-16-7-3-2-4-8-16)23-20(28)18-9-5-6-14-22-18/h2-4,7-8,12-13,17-18,22H,5-6,9-11,14H2,1H3,(H,23,28)(H,24,26,27)/b13-12+/t17-,18-/m0/s1. The molecular formula is C21H27N5O2S. The number of carbonyl (C=O) groups is 2. The van der Waals surface area contributed by atoms with Gasteiger partial charge in [0.25, 0.3) is 0 Å². The molecule has 2 heterocycles. The van der Waals surface area contributed by atoms with E-state index >= 15 is 0 Å². The molecule has 1 aromatic heterocycles. The van der Waals surface area contributed by atoms with Gasteiger partial charge < -0.3 is 10.6 Å². The van der Waals surface area contributed by atoms with Crippen molar-refractivity contribution < 1.29 is 9.59 Å². The van der Waals surface area contributed by atoms with Gasteiger partial charge in [0, 0.05) is 12.1 Å². The van der Waals surface area contributed by atoms with E-state index in [1.807, 2.05) is 25.1 Å². The summed E-state index contributed by atoms with van der Waals surface area (Å²) in [5, 5.41) is 18.1. The molecule has 8 heteroatoms. The van der Waals surface area contributed by atoms with Crippen LogP contribution in [0, 0.1) is 6.92 Å². The van der Waals surface area contributed by atoms with Gasteiger partial charge in [-0.15, -0.1) is 10.2 Å². The number of nitrogens with one attached hydrogen (secondary N) is 3. The van der Waals surface area contributed by atoms with Gasteiger partial charge >= 0.3 is 0 Å². The molecule has 1 saturated heterocycles. The lowest BCUT2D eigenvalue weighted by Gasteiger charge is -2.25. The maximum absolute atomic E-state index is 12.6. The molecule has 1 aliphatic heterocycles. The molecule has 0 aliphatic carbocycles. The molecule has 1 aliphatic rings. The molecule has 1 aromatic carbocycles. The number of nitrogens with zero attached hydrogens (tertiary/aromatic N) is 2. The molecule has 3 rings (SSSR count). The van der Waals surface area contributed by atoms with Crippen LogP contribution in [0.5, 0.6) is 0 Å². The molecule has 2 atom stereocenters. The molecule has 154 valence electrons. The summed E-state index contributed by atoms with van der Waals surface area (Å²) in [6.07, 6.45) is 7.74. The Kier molecular flexibility index (Phi) is 7.89. The first-order valence-electron chi connectivity index (χ1n) is 9.97. The molecular weight excluding hydrogens is 386 g/mol. The van der Waals surface area contributed by atoms with Crippen LogP contribution in [-0.2, 0) is 16.0 Å². The summed E-state index contributed by atoms with van der Waals surface area (Å²) in [6, 6.07) is 9.73. The van der Waals surface area contributed by atoms with Gasteiger partial charge in [-0.05, 0) is 44.7 Å². The van der Waals surface area contributed by atoms with Crippen molar-refractivity contribution in [1.82, 2.24) is 20.8 Å². The third kappa shape index (κ3) is 7.07. The number of aromatic nitrogens is 2. The summed E-state index contributed by atoms with van der Waals surface area (Å²) in [4.78, 5) is 24.8. The van der Waals surface area contributed by atoms with Gasteiger partial charge in [-0.3, -0.25) is 14.9 Å². The van der Waals surface area contributed by atoms with Crippen molar-refractivity contribution in [2.75, 3.05) is 11.9 Å². The first-order chi connectivity index (χ1) is 14.1. The van der Waals surface area contributed by atoms with Gasteiger partial charge in [0.1, 0.15) is 5.01 Å². The van der Waals surface area contributed by atoms with E-state index in [-0.39, 0.29) is 23.9 Å². The lowest BCUT2D eigenvalue weighted by atomic mass is 10.0. The van der Waals surface area contributed by atoms with Crippen LogP contribution in [0.15, 0.2) is 42.5 Å². The highest BCUT2D eigenvalue weighted by Gasteiger charge is 2.22. The minimum Gasteiger partial charge on any atom is -0.349 e. The Morgan fingerprint density at radius 2 is 2.10 bits per heavy atom. The summed E-state index contributed by atoms with van der Waals surface area (Å²) in [6.45, 7) is 2.70. The Balaban J connectivity index is 1.60. The van der Waals surface area contributed by atoms with E-state index in [1.165, 1.54) is 23.0 Å². The molecule has 29 heavy (non-hydrogen) atoms. The number of aryl methyl sites for hydroxylation is 2. The lowest BCUT2D eigenvalue weighted by molar-refractivity contribution is -0.124. The summed E-state index contributed by atoms with van der Waals surface area (Å²) in [5.41, 5.74) is 1.20. The second-order valence-corrected chi connectivity index (χ2v) is 8.30. The largest absolute Gasteiger partial charge is 0.349 e. The van der Waals surface area contributed by atoms with Crippen LogP contribution in [0.4, 0.5) is 5.13 Å². The van der Waals surface area contributed by atoms with E-state index in [4.69, 9.17) is 0 Å². The zero-order valence-electron chi connectivity index (χ0n) is 16.6. The van der Waals surface area contributed by atoms with Crippen LogP contribution in [0.1, 0.15) is 36.3 Å². The van der Waals surface area contributed by atoms with E-state index in [1.54, 1.807) is 6.08 Å². The Bertz CT molecular complexity index is 831. The smallest absolute Gasteiger partial charge is 0.249 e. The highest BCUT2D eigenvalue weighted by molar-refractivity contribution is 7.15. The van der Waals surface area contributed by atoms with Crippen molar-refractivity contribution >= 4 is 28.3 Å². The number of anilines is 1. The lowest BCUT2D eigenvalue weighted by Crippen LogP contribution is -2.49. The maximum atomic E-state index is 12.6. The van der Waals surface area contributed by atoms with Crippen LogP contribution in [0.25, 0.3) is 0 Å². The second-order valence-electron chi connectivity index (χ2n) is 7.12. The molecule has 1 fully saturated rings. The first-order valence-corrected chi connectivity index (χ1v) is 10.8. The number of carbonyl (C=O) groups excluding carboxylic acids is 2. The summed E-state index contributed by atoms with van der Waals surface area (Å²) in [7, 11) is 0. The topological polar surface area (TPSA) is 96.0 Å². The SMILES string of the molecule is Cc1nnc(NC(=O)/C=C/[C@H](CCc2ccccc2)NC(=O)[C@@H]2CCCCN2)s1. The molecule has 0 radical (unpaired) electrons. The summed E-state index contributed by atoms with van der Waals surface area (Å²) in [5.74, 6) is -0.288. The number of benzene rings is 1. The fourth-order valence-corrected chi connectivity index (χ4v) is 3.83. The monoisotopic (exact) mass is 413 g/mol. The van der Waals surface area contributed by atoms with Crippen LogP contribution < -0.4 is 16.0 Å². The molecule has 7 nitrogen and oxygen atoms in total. The van der Waals surface area contributed by atoms with Crippen LogP contribution >= 0.6 is 11.3 Å². The quantitative estimate of drug-likeness (QED) is 0.578. The number of amides is 2. The van der Waals surface area contributed by atoms with Gasteiger partial charge in [-0.2, -0.15) is 0 Å². The van der Waals surface area contributed by atoms with Gasteiger partial charge in [0.2, 0.25) is 16.9 Å². The van der Waals surface area contributed by atoms with Gasteiger partial charge in [-0.1, -0.05) is 54.2 Å². The van der Waals surface area contributed by atoms with E-state index in [0.717, 1.165) is 37.2 Å². The van der Waals surface area contributed by atoms with Gasteiger partial charge in [0.15, 0.2) is 0 Å². The molecule has 2 amide bonds. The van der Waals surface area contributed by atoms with Gasteiger partial charge in [-0.25, -0.2) is 0 Å². The fourth-order valence-electron chi connectivity index (χ4n) is 3.24. The molecule has 3 N–H and O–H groups in total. The van der Waals surface area contributed by atoms with Gasteiger partial charge in [0.05, 0.1) is 6.04 Å².